The van der Waals surface area contributed by atoms with Crippen LogP contribution in [-0.2, 0) is 0 Å². The Morgan fingerprint density at radius 3 is 2.65 bits per heavy atom. The third-order valence-corrected chi connectivity index (χ3v) is 2.94. The fraction of sp³-hybridized carbons (Fsp3) is 0.0714. The van der Waals surface area contributed by atoms with Crippen LogP contribution < -0.4 is 21.1 Å². The van der Waals surface area contributed by atoms with Gasteiger partial charge in [0.15, 0.2) is 0 Å². The van der Waals surface area contributed by atoms with Crippen LogP contribution in [0, 0.1) is 0 Å². The molecule has 0 radical (unpaired) electrons. The molecule has 2 rings (SSSR count). The summed E-state index contributed by atoms with van der Waals surface area (Å²) in [4.78, 5) is 11.9. The second-order valence-electron chi connectivity index (χ2n) is 4.02. The van der Waals surface area contributed by atoms with Gasteiger partial charge in [0, 0.05) is 11.8 Å². The third-order valence-electron chi connectivity index (χ3n) is 2.61. The van der Waals surface area contributed by atoms with Crippen molar-refractivity contribution in [2.75, 3.05) is 23.5 Å². The first-order chi connectivity index (χ1) is 9.60. The highest BCUT2D eigenvalue weighted by Gasteiger charge is 2.07. The van der Waals surface area contributed by atoms with Gasteiger partial charge >= 0.3 is 6.03 Å². The van der Waals surface area contributed by atoms with Gasteiger partial charge in [-0.15, -0.1) is 0 Å². The lowest BCUT2D eigenvalue weighted by Crippen LogP contribution is -2.19. The molecular formula is C14H14ClN3O2. The van der Waals surface area contributed by atoms with Crippen LogP contribution in [0.5, 0.6) is 5.75 Å². The normalized spacial score (nSPS) is 9.90. The molecule has 5 nitrogen and oxygen atoms in total. The zero-order valence-electron chi connectivity index (χ0n) is 10.8. The van der Waals surface area contributed by atoms with Gasteiger partial charge in [-0.25, -0.2) is 4.79 Å². The largest absolute Gasteiger partial charge is 0.495 e. The van der Waals surface area contributed by atoms with Crippen LogP contribution >= 0.6 is 11.6 Å². The number of nitrogen functional groups attached to an aromatic ring is 1. The molecule has 0 aromatic heterocycles. The zero-order chi connectivity index (χ0) is 14.5. The molecule has 2 amide bonds. The number of methoxy groups -OCH3 is 1. The molecule has 0 aliphatic heterocycles. The minimum Gasteiger partial charge on any atom is -0.495 e. The lowest BCUT2D eigenvalue weighted by molar-refractivity contribution is 0.262. The number of hydrogen-bond donors (Lipinski definition) is 3. The van der Waals surface area contributed by atoms with Gasteiger partial charge in [0.05, 0.1) is 23.5 Å². The van der Waals surface area contributed by atoms with Gasteiger partial charge in [-0.05, 0) is 24.3 Å². The molecule has 20 heavy (non-hydrogen) atoms. The van der Waals surface area contributed by atoms with Crippen molar-refractivity contribution >= 4 is 34.7 Å². The molecule has 0 spiro atoms. The number of carbonyl (C=O) groups is 1. The summed E-state index contributed by atoms with van der Waals surface area (Å²) in [6, 6.07) is 11.6. The summed E-state index contributed by atoms with van der Waals surface area (Å²) < 4.78 is 5.09. The summed E-state index contributed by atoms with van der Waals surface area (Å²) in [5, 5.41) is 5.80. The minimum absolute atomic E-state index is 0.398. The fourth-order valence-corrected chi connectivity index (χ4v) is 1.82. The molecule has 0 bridgehead atoms. The highest BCUT2D eigenvalue weighted by atomic mass is 35.5. The van der Waals surface area contributed by atoms with Crippen molar-refractivity contribution in [3.8, 4) is 5.75 Å². The number of urea groups is 1. The Bertz CT molecular complexity index is 632. The summed E-state index contributed by atoms with van der Waals surface area (Å²) in [6.07, 6.45) is 0. The Labute approximate surface area is 121 Å². The molecule has 104 valence electrons. The molecule has 0 saturated heterocycles. The van der Waals surface area contributed by atoms with E-state index in [1.807, 2.05) is 0 Å². The summed E-state index contributed by atoms with van der Waals surface area (Å²) in [6.45, 7) is 0. The average Bonchev–Trinajstić information content (AvgIpc) is 2.43. The van der Waals surface area contributed by atoms with E-state index < -0.39 is 6.03 Å². The SMILES string of the molecule is COc1cc(NC(=O)Nc2ccccc2Cl)ccc1N. The minimum atomic E-state index is -0.398. The number of amides is 2. The van der Waals surface area contributed by atoms with Crippen LogP contribution in [0.15, 0.2) is 42.5 Å². The van der Waals surface area contributed by atoms with Gasteiger partial charge in [0.2, 0.25) is 0 Å². The van der Waals surface area contributed by atoms with E-state index in [2.05, 4.69) is 10.6 Å². The number of nitrogens with one attached hydrogen (secondary N) is 2. The van der Waals surface area contributed by atoms with Gasteiger partial charge in [-0.1, -0.05) is 23.7 Å². The van der Waals surface area contributed by atoms with Crippen molar-refractivity contribution < 1.29 is 9.53 Å². The van der Waals surface area contributed by atoms with E-state index in [0.717, 1.165) is 0 Å². The molecule has 2 aromatic carbocycles. The molecule has 0 fully saturated rings. The zero-order valence-corrected chi connectivity index (χ0v) is 11.6. The predicted molar refractivity (Wildman–Crippen MR) is 81.5 cm³/mol. The quantitative estimate of drug-likeness (QED) is 0.757. The molecule has 0 aliphatic carbocycles. The summed E-state index contributed by atoms with van der Waals surface area (Å²) in [5.41, 5.74) is 7.31. The van der Waals surface area contributed by atoms with Gasteiger partial charge < -0.3 is 21.1 Å². The maximum atomic E-state index is 11.9. The van der Waals surface area contributed by atoms with E-state index in [0.29, 0.717) is 27.8 Å². The number of carbonyl (C=O) groups excluding carboxylic acids is 1. The molecule has 0 unspecified atom stereocenters. The summed E-state index contributed by atoms with van der Waals surface area (Å²) in [5.74, 6) is 0.501. The lowest BCUT2D eigenvalue weighted by atomic mass is 10.2. The van der Waals surface area contributed by atoms with E-state index in [4.69, 9.17) is 22.1 Å². The summed E-state index contributed by atoms with van der Waals surface area (Å²) >= 11 is 5.96. The van der Waals surface area contributed by atoms with Crippen molar-refractivity contribution in [2.45, 2.75) is 0 Å². The number of anilines is 3. The van der Waals surface area contributed by atoms with Crippen molar-refractivity contribution in [2.24, 2.45) is 0 Å². The maximum Gasteiger partial charge on any atom is 0.323 e. The van der Waals surface area contributed by atoms with Crippen LogP contribution in [0.2, 0.25) is 5.02 Å². The van der Waals surface area contributed by atoms with E-state index in [1.165, 1.54) is 7.11 Å². The average molecular weight is 292 g/mol. The second kappa shape index (κ2) is 6.16. The van der Waals surface area contributed by atoms with Crippen LogP contribution in [0.25, 0.3) is 0 Å². The third kappa shape index (κ3) is 3.33. The smallest absolute Gasteiger partial charge is 0.323 e. The van der Waals surface area contributed by atoms with Crippen LogP contribution in [0.3, 0.4) is 0 Å². The number of para-hydroxylation sites is 1. The van der Waals surface area contributed by atoms with Crippen LogP contribution in [0.4, 0.5) is 21.9 Å². The van der Waals surface area contributed by atoms with E-state index >= 15 is 0 Å². The molecular weight excluding hydrogens is 278 g/mol. The summed E-state index contributed by atoms with van der Waals surface area (Å²) in [7, 11) is 1.51. The predicted octanol–water partition coefficient (Wildman–Crippen LogP) is 3.57. The van der Waals surface area contributed by atoms with E-state index in [-0.39, 0.29) is 0 Å². The molecule has 0 atom stereocenters. The second-order valence-corrected chi connectivity index (χ2v) is 4.42. The van der Waals surface area contributed by atoms with Crippen molar-refractivity contribution in [3.05, 3.63) is 47.5 Å². The number of ether oxygens (including phenoxy) is 1. The highest BCUT2D eigenvalue weighted by Crippen LogP contribution is 2.25. The highest BCUT2D eigenvalue weighted by molar-refractivity contribution is 6.33. The van der Waals surface area contributed by atoms with Gasteiger partial charge in [-0.2, -0.15) is 0 Å². The first-order valence-electron chi connectivity index (χ1n) is 5.86. The molecule has 4 N–H and O–H groups in total. The number of halogens is 1. The van der Waals surface area contributed by atoms with Gasteiger partial charge in [0.25, 0.3) is 0 Å². The van der Waals surface area contributed by atoms with Crippen LogP contribution in [-0.4, -0.2) is 13.1 Å². The number of hydrogen-bond acceptors (Lipinski definition) is 3. The standard InChI is InChI=1S/C14H14ClN3O2/c1-20-13-8-9(6-7-11(13)16)17-14(19)18-12-5-3-2-4-10(12)15/h2-8H,16H2,1H3,(H2,17,18,19). The number of benzene rings is 2. The molecule has 6 heteroatoms. The Balaban J connectivity index is 2.07. The molecule has 2 aromatic rings. The Morgan fingerprint density at radius 2 is 1.95 bits per heavy atom. The number of nitrogens with two attached hydrogens (primary N) is 1. The van der Waals surface area contributed by atoms with Crippen LogP contribution in [0.1, 0.15) is 0 Å². The fourth-order valence-electron chi connectivity index (χ4n) is 1.64. The van der Waals surface area contributed by atoms with E-state index in [9.17, 15) is 4.79 Å². The Hall–Kier alpha value is -2.40. The van der Waals surface area contributed by atoms with E-state index in [1.54, 1.807) is 42.5 Å². The lowest BCUT2D eigenvalue weighted by Gasteiger charge is -2.10. The van der Waals surface area contributed by atoms with Gasteiger partial charge in [-0.3, -0.25) is 0 Å². The maximum absolute atomic E-state index is 11.9. The Kier molecular flexibility index (Phi) is 4.32. The first kappa shape index (κ1) is 14.0. The molecule has 0 saturated carbocycles. The first-order valence-corrected chi connectivity index (χ1v) is 6.24. The topological polar surface area (TPSA) is 76.4 Å². The van der Waals surface area contributed by atoms with Crippen molar-refractivity contribution in [1.82, 2.24) is 0 Å². The Morgan fingerprint density at radius 1 is 1.20 bits per heavy atom. The monoisotopic (exact) mass is 291 g/mol. The van der Waals surface area contributed by atoms with Crippen molar-refractivity contribution in [3.63, 3.8) is 0 Å². The molecule has 0 heterocycles. The van der Waals surface area contributed by atoms with Gasteiger partial charge in [0.1, 0.15) is 5.75 Å². The van der Waals surface area contributed by atoms with Crippen molar-refractivity contribution in [1.29, 1.82) is 0 Å². The molecule has 0 aliphatic rings. The number of rotatable bonds is 3.